The molecule has 26 heavy (non-hydrogen) atoms. The minimum Gasteiger partial charge on any atom is -0.508 e. The number of rotatable bonds is 9. The summed E-state index contributed by atoms with van der Waals surface area (Å²) < 4.78 is 0. The molecule has 0 radical (unpaired) electrons. The van der Waals surface area contributed by atoms with Crippen LogP contribution in [0.5, 0.6) is 5.75 Å². The van der Waals surface area contributed by atoms with Gasteiger partial charge in [-0.15, -0.1) is 0 Å². The number of phenolic OH excluding ortho intramolecular Hbond substituents is 1. The molecule has 0 aliphatic heterocycles. The smallest absolute Gasteiger partial charge is 0.116 e. The van der Waals surface area contributed by atoms with Crippen LogP contribution in [0.25, 0.3) is 10.6 Å². The zero-order chi connectivity index (χ0) is 19.7. The molecule has 0 aliphatic carbocycles. The maximum Gasteiger partial charge on any atom is 0.116 e. The molecular formula is C22H30N2OS. The van der Waals surface area contributed by atoms with Crippen LogP contribution in [-0.4, -0.2) is 18.7 Å². The first-order valence-corrected chi connectivity index (χ1v) is 9.37. The van der Waals surface area contributed by atoms with E-state index in [2.05, 4.69) is 36.8 Å². The Labute approximate surface area is 162 Å². The Hall–Kier alpha value is -2.33. The molecule has 0 spiro atoms. The van der Waals surface area contributed by atoms with Gasteiger partial charge in [-0.25, -0.2) is 0 Å². The van der Waals surface area contributed by atoms with Crippen LogP contribution in [0.4, 0.5) is 0 Å². The molecular weight excluding hydrogens is 340 g/mol. The van der Waals surface area contributed by atoms with Crippen molar-refractivity contribution in [2.45, 2.75) is 27.7 Å². The van der Waals surface area contributed by atoms with Crippen LogP contribution in [0.1, 0.15) is 38.8 Å². The second-order valence-corrected chi connectivity index (χ2v) is 7.48. The molecule has 0 amide bonds. The fraction of sp³-hybridized carbons (Fsp3) is 0.273. The number of aromatic hydroxyl groups is 1. The van der Waals surface area contributed by atoms with Crippen molar-refractivity contribution < 1.29 is 5.11 Å². The molecule has 4 heteroatoms. The lowest BCUT2D eigenvalue weighted by molar-refractivity contribution is 0.475. The zero-order valence-electron chi connectivity index (χ0n) is 16.4. The highest BCUT2D eigenvalue weighted by molar-refractivity contribution is 8.11. The monoisotopic (exact) mass is 370 g/mol. The van der Waals surface area contributed by atoms with Gasteiger partial charge in [0, 0.05) is 35.5 Å². The predicted octanol–water partition coefficient (Wildman–Crippen LogP) is 5.65. The van der Waals surface area contributed by atoms with E-state index < -0.39 is 0 Å². The number of thioether (sulfide) groups is 1. The summed E-state index contributed by atoms with van der Waals surface area (Å²) >= 11 is 1.60. The first-order chi connectivity index (χ1) is 12.3. The standard InChI is InChI=1S/C22H30N2OS/c1-8-17(4)26-19(6)21-11-20(12-22(25)13-21)18(5)24-14-15(2)9-10-16(3)23-7/h8-13,23-25H,5-6,14H2,1-4,7H3/b15-9+,16-10-,17-8-. The zero-order valence-corrected chi connectivity index (χ0v) is 17.3. The van der Waals surface area contributed by atoms with Gasteiger partial charge in [-0.05, 0) is 62.4 Å². The van der Waals surface area contributed by atoms with Gasteiger partial charge in [0.25, 0.3) is 0 Å². The molecule has 0 aromatic heterocycles. The Bertz CT molecular complexity index is 757. The van der Waals surface area contributed by atoms with Crippen molar-refractivity contribution in [1.82, 2.24) is 10.6 Å². The molecule has 0 fully saturated rings. The molecule has 1 aromatic carbocycles. The van der Waals surface area contributed by atoms with Crippen molar-refractivity contribution in [1.29, 1.82) is 0 Å². The summed E-state index contributed by atoms with van der Waals surface area (Å²) in [6, 6.07) is 5.44. The summed E-state index contributed by atoms with van der Waals surface area (Å²) in [6.45, 7) is 17.0. The second-order valence-electron chi connectivity index (χ2n) is 6.14. The first kappa shape index (κ1) is 21.7. The first-order valence-electron chi connectivity index (χ1n) is 8.55. The molecule has 3 nitrogen and oxygen atoms in total. The van der Waals surface area contributed by atoms with E-state index in [9.17, 15) is 5.11 Å². The average Bonchev–Trinajstić information content (AvgIpc) is 2.63. The Morgan fingerprint density at radius 2 is 1.77 bits per heavy atom. The SMILES string of the molecule is C=C(NC/C(C)=C/C=C(/C)NC)c1cc(O)cc(C(=C)S/C(C)=C\C)c1. The normalized spacial score (nSPS) is 12.7. The van der Waals surface area contributed by atoms with Crippen LogP contribution in [-0.2, 0) is 0 Å². The summed E-state index contributed by atoms with van der Waals surface area (Å²) in [5, 5.41) is 16.5. The van der Waals surface area contributed by atoms with Crippen molar-refractivity contribution in [2.24, 2.45) is 0 Å². The van der Waals surface area contributed by atoms with Gasteiger partial charge >= 0.3 is 0 Å². The van der Waals surface area contributed by atoms with E-state index in [1.165, 1.54) is 10.5 Å². The summed E-state index contributed by atoms with van der Waals surface area (Å²) in [4.78, 5) is 2.07. The van der Waals surface area contributed by atoms with E-state index in [1.807, 2.05) is 46.0 Å². The Kier molecular flexibility index (Phi) is 8.86. The molecule has 0 saturated heterocycles. The van der Waals surface area contributed by atoms with E-state index >= 15 is 0 Å². The summed E-state index contributed by atoms with van der Waals surface area (Å²) in [6.07, 6.45) is 6.15. The highest BCUT2D eigenvalue weighted by atomic mass is 32.2. The fourth-order valence-electron chi connectivity index (χ4n) is 2.02. The van der Waals surface area contributed by atoms with Crippen LogP contribution in [0.15, 0.2) is 65.8 Å². The quantitative estimate of drug-likeness (QED) is 0.492. The van der Waals surface area contributed by atoms with Crippen LogP contribution in [0, 0.1) is 0 Å². The molecule has 0 aliphatic rings. The van der Waals surface area contributed by atoms with E-state index in [4.69, 9.17) is 0 Å². The highest BCUT2D eigenvalue weighted by Gasteiger charge is 2.07. The van der Waals surface area contributed by atoms with Crippen LogP contribution in [0.3, 0.4) is 0 Å². The topological polar surface area (TPSA) is 44.3 Å². The van der Waals surface area contributed by atoms with Gasteiger partial charge in [-0.1, -0.05) is 42.6 Å². The number of hydrogen-bond acceptors (Lipinski definition) is 4. The minimum atomic E-state index is 0.208. The summed E-state index contributed by atoms with van der Waals surface area (Å²) in [5.74, 6) is 0.208. The highest BCUT2D eigenvalue weighted by Crippen LogP contribution is 2.34. The van der Waals surface area contributed by atoms with Crippen LogP contribution < -0.4 is 10.6 Å². The fourth-order valence-corrected chi connectivity index (χ4v) is 2.76. The summed E-state index contributed by atoms with van der Waals surface area (Å²) in [7, 11) is 1.90. The van der Waals surface area contributed by atoms with Crippen molar-refractivity contribution in [2.75, 3.05) is 13.6 Å². The maximum absolute atomic E-state index is 10.1. The molecule has 0 heterocycles. The number of hydrogen-bond donors (Lipinski definition) is 3. The van der Waals surface area contributed by atoms with Gasteiger partial charge in [-0.3, -0.25) is 0 Å². The lowest BCUT2D eigenvalue weighted by Gasteiger charge is -2.13. The molecule has 0 bridgehead atoms. The average molecular weight is 371 g/mol. The Morgan fingerprint density at radius 1 is 1.12 bits per heavy atom. The number of allylic oxidation sites excluding steroid dienone is 5. The number of benzene rings is 1. The number of phenols is 1. The van der Waals surface area contributed by atoms with Crippen LogP contribution in [0.2, 0.25) is 0 Å². The van der Waals surface area contributed by atoms with Gasteiger partial charge < -0.3 is 15.7 Å². The van der Waals surface area contributed by atoms with Gasteiger partial charge in [-0.2, -0.15) is 0 Å². The molecule has 0 unspecified atom stereocenters. The minimum absolute atomic E-state index is 0.208. The number of nitrogens with one attached hydrogen (secondary N) is 2. The summed E-state index contributed by atoms with van der Waals surface area (Å²) in [5.41, 5.74) is 4.81. The van der Waals surface area contributed by atoms with E-state index in [0.717, 1.165) is 27.4 Å². The van der Waals surface area contributed by atoms with Gasteiger partial charge in [0.05, 0.1) is 0 Å². The maximum atomic E-state index is 10.1. The molecule has 0 atom stereocenters. The van der Waals surface area contributed by atoms with E-state index in [-0.39, 0.29) is 5.75 Å². The second kappa shape index (κ2) is 10.6. The lowest BCUT2D eigenvalue weighted by atomic mass is 10.1. The molecule has 140 valence electrons. The predicted molar refractivity (Wildman–Crippen MR) is 118 cm³/mol. The van der Waals surface area contributed by atoms with Gasteiger partial charge in [0.15, 0.2) is 0 Å². The van der Waals surface area contributed by atoms with Gasteiger partial charge in [0.2, 0.25) is 0 Å². The van der Waals surface area contributed by atoms with Crippen molar-refractivity contribution >= 4 is 22.4 Å². The molecule has 1 rings (SSSR count). The largest absolute Gasteiger partial charge is 0.508 e. The molecule has 1 aromatic rings. The third kappa shape index (κ3) is 7.28. The van der Waals surface area contributed by atoms with Crippen molar-refractivity contribution in [3.63, 3.8) is 0 Å². The van der Waals surface area contributed by atoms with E-state index in [0.29, 0.717) is 6.54 Å². The van der Waals surface area contributed by atoms with E-state index in [1.54, 1.807) is 23.9 Å². The third-order valence-corrected chi connectivity index (χ3v) is 4.91. The lowest BCUT2D eigenvalue weighted by Crippen LogP contribution is -2.14. The van der Waals surface area contributed by atoms with Crippen molar-refractivity contribution in [3.05, 3.63) is 76.9 Å². The molecule has 3 N–H and O–H groups in total. The van der Waals surface area contributed by atoms with Crippen molar-refractivity contribution in [3.8, 4) is 5.75 Å². The molecule has 0 saturated carbocycles. The van der Waals surface area contributed by atoms with Crippen LogP contribution >= 0.6 is 11.8 Å². The Morgan fingerprint density at radius 3 is 2.38 bits per heavy atom. The third-order valence-electron chi connectivity index (χ3n) is 3.87. The van der Waals surface area contributed by atoms with Gasteiger partial charge in [0.1, 0.15) is 5.75 Å². The Balaban J connectivity index is 2.85.